The number of halogens is 2. The van der Waals surface area contributed by atoms with E-state index in [1.54, 1.807) is 6.92 Å². The molecule has 1 fully saturated rings. The first-order chi connectivity index (χ1) is 13.5. The summed E-state index contributed by atoms with van der Waals surface area (Å²) in [5, 5.41) is 2.38. The number of ether oxygens (including phenoxy) is 1. The molecule has 1 saturated heterocycles. The zero-order valence-electron chi connectivity index (χ0n) is 16.1. The fourth-order valence-electron chi connectivity index (χ4n) is 3.36. The SMILES string of the molecule is CCOc1ccccc1N1CCN([C@H](C)C(=O)Nc2c(F)cccc2F)CC1. The Morgan fingerprint density at radius 2 is 1.71 bits per heavy atom. The van der Waals surface area contributed by atoms with Gasteiger partial charge in [-0.1, -0.05) is 18.2 Å². The van der Waals surface area contributed by atoms with Crippen LogP contribution in [0.5, 0.6) is 5.75 Å². The standard InChI is InChI=1S/C21H25F2N3O2/c1-3-28-19-10-5-4-9-18(19)26-13-11-25(12-14-26)15(2)21(27)24-20-16(22)7-6-8-17(20)23/h4-10,15H,3,11-14H2,1-2H3,(H,24,27)/t15-/m1/s1. The van der Waals surface area contributed by atoms with Crippen LogP contribution in [0.3, 0.4) is 0 Å². The molecule has 1 aliphatic heterocycles. The Bertz CT molecular complexity index is 803. The molecule has 150 valence electrons. The molecule has 0 unspecified atom stereocenters. The first-order valence-corrected chi connectivity index (χ1v) is 9.47. The second-order valence-electron chi connectivity index (χ2n) is 6.69. The lowest BCUT2D eigenvalue weighted by Crippen LogP contribution is -2.53. The maximum atomic E-state index is 13.8. The quantitative estimate of drug-likeness (QED) is 0.821. The van der Waals surface area contributed by atoms with Crippen LogP contribution in [0.1, 0.15) is 13.8 Å². The van der Waals surface area contributed by atoms with Crippen molar-refractivity contribution >= 4 is 17.3 Å². The number of nitrogens with zero attached hydrogens (tertiary/aromatic N) is 2. The molecule has 1 heterocycles. The van der Waals surface area contributed by atoms with E-state index in [2.05, 4.69) is 10.2 Å². The topological polar surface area (TPSA) is 44.8 Å². The van der Waals surface area contributed by atoms with Crippen LogP contribution in [-0.2, 0) is 4.79 Å². The number of carbonyl (C=O) groups excluding carboxylic acids is 1. The Kier molecular flexibility index (Phi) is 6.46. The molecule has 1 aliphatic rings. The third-order valence-electron chi connectivity index (χ3n) is 4.96. The van der Waals surface area contributed by atoms with Crippen LogP contribution in [0.15, 0.2) is 42.5 Å². The van der Waals surface area contributed by atoms with E-state index in [-0.39, 0.29) is 0 Å². The summed E-state index contributed by atoms with van der Waals surface area (Å²) in [6.45, 7) is 7.08. The number of hydrogen-bond acceptors (Lipinski definition) is 4. The molecule has 28 heavy (non-hydrogen) atoms. The van der Waals surface area contributed by atoms with E-state index >= 15 is 0 Å². The van der Waals surface area contributed by atoms with E-state index in [1.807, 2.05) is 36.1 Å². The zero-order chi connectivity index (χ0) is 20.1. The molecule has 1 amide bonds. The van der Waals surface area contributed by atoms with Gasteiger partial charge in [-0.05, 0) is 38.1 Å². The Hall–Kier alpha value is -2.67. The number of nitrogens with one attached hydrogen (secondary N) is 1. The van der Waals surface area contributed by atoms with Crippen molar-refractivity contribution in [3.63, 3.8) is 0 Å². The average molecular weight is 389 g/mol. The molecule has 1 N–H and O–H groups in total. The van der Waals surface area contributed by atoms with Crippen molar-refractivity contribution in [1.82, 2.24) is 4.90 Å². The summed E-state index contributed by atoms with van der Waals surface area (Å²) in [5.41, 5.74) is 0.637. The van der Waals surface area contributed by atoms with Crippen molar-refractivity contribution in [2.24, 2.45) is 0 Å². The van der Waals surface area contributed by atoms with Crippen LogP contribution in [-0.4, -0.2) is 49.6 Å². The monoisotopic (exact) mass is 389 g/mol. The lowest BCUT2D eigenvalue weighted by atomic mass is 10.1. The molecule has 0 aromatic heterocycles. The van der Waals surface area contributed by atoms with Crippen LogP contribution < -0.4 is 15.0 Å². The minimum atomic E-state index is -0.780. The van der Waals surface area contributed by atoms with E-state index in [0.29, 0.717) is 19.7 Å². The van der Waals surface area contributed by atoms with Crippen molar-refractivity contribution in [3.05, 3.63) is 54.1 Å². The van der Waals surface area contributed by atoms with Crippen LogP contribution in [0.4, 0.5) is 20.2 Å². The van der Waals surface area contributed by atoms with Crippen LogP contribution in [0.2, 0.25) is 0 Å². The number of rotatable bonds is 6. The average Bonchev–Trinajstić information content (AvgIpc) is 2.71. The molecule has 0 aliphatic carbocycles. The molecule has 0 bridgehead atoms. The second kappa shape index (κ2) is 9.01. The molecule has 0 saturated carbocycles. The minimum Gasteiger partial charge on any atom is -0.492 e. The smallest absolute Gasteiger partial charge is 0.241 e. The van der Waals surface area contributed by atoms with Gasteiger partial charge in [0.25, 0.3) is 0 Å². The Balaban J connectivity index is 1.61. The highest BCUT2D eigenvalue weighted by atomic mass is 19.1. The summed E-state index contributed by atoms with van der Waals surface area (Å²) in [7, 11) is 0. The van der Waals surface area contributed by atoms with E-state index < -0.39 is 29.3 Å². The van der Waals surface area contributed by atoms with Gasteiger partial charge in [0.05, 0.1) is 18.3 Å². The molecule has 7 heteroatoms. The number of benzene rings is 2. The summed E-state index contributed by atoms with van der Waals surface area (Å²) in [5.74, 6) is -1.14. The van der Waals surface area contributed by atoms with Gasteiger partial charge in [-0.15, -0.1) is 0 Å². The van der Waals surface area contributed by atoms with E-state index in [4.69, 9.17) is 4.74 Å². The van der Waals surface area contributed by atoms with Gasteiger partial charge in [0.15, 0.2) is 0 Å². The Morgan fingerprint density at radius 3 is 2.36 bits per heavy atom. The number of hydrogen-bond donors (Lipinski definition) is 1. The van der Waals surface area contributed by atoms with Crippen LogP contribution in [0.25, 0.3) is 0 Å². The number of amides is 1. The third-order valence-corrected chi connectivity index (χ3v) is 4.96. The molecule has 2 aromatic rings. The molecule has 3 rings (SSSR count). The van der Waals surface area contributed by atoms with E-state index in [1.165, 1.54) is 6.07 Å². The van der Waals surface area contributed by atoms with Gasteiger partial charge in [-0.2, -0.15) is 0 Å². The summed E-state index contributed by atoms with van der Waals surface area (Å²) in [4.78, 5) is 16.7. The van der Waals surface area contributed by atoms with E-state index in [0.717, 1.165) is 36.7 Å². The first-order valence-electron chi connectivity index (χ1n) is 9.47. The van der Waals surface area contributed by atoms with Crippen LogP contribution >= 0.6 is 0 Å². The summed E-state index contributed by atoms with van der Waals surface area (Å²) in [6, 6.07) is 10.9. The first kappa shape index (κ1) is 20.1. The largest absolute Gasteiger partial charge is 0.492 e. The Labute approximate surface area is 163 Å². The number of carbonyl (C=O) groups is 1. The highest BCUT2D eigenvalue weighted by Crippen LogP contribution is 2.29. The molecular formula is C21H25F2N3O2. The van der Waals surface area contributed by atoms with Gasteiger partial charge >= 0.3 is 0 Å². The molecule has 5 nitrogen and oxygen atoms in total. The van der Waals surface area contributed by atoms with Gasteiger partial charge in [0.1, 0.15) is 23.1 Å². The van der Waals surface area contributed by atoms with Crippen molar-refractivity contribution in [1.29, 1.82) is 0 Å². The Morgan fingerprint density at radius 1 is 1.07 bits per heavy atom. The van der Waals surface area contributed by atoms with Gasteiger partial charge in [-0.25, -0.2) is 8.78 Å². The van der Waals surface area contributed by atoms with Crippen molar-refractivity contribution in [2.45, 2.75) is 19.9 Å². The summed E-state index contributed by atoms with van der Waals surface area (Å²) < 4.78 is 33.2. The molecule has 0 radical (unpaired) electrons. The van der Waals surface area contributed by atoms with Crippen LogP contribution in [0, 0.1) is 11.6 Å². The molecule has 2 aromatic carbocycles. The summed E-state index contributed by atoms with van der Waals surface area (Å²) in [6.07, 6.45) is 0. The maximum Gasteiger partial charge on any atom is 0.241 e. The summed E-state index contributed by atoms with van der Waals surface area (Å²) >= 11 is 0. The second-order valence-corrected chi connectivity index (χ2v) is 6.69. The van der Waals surface area contributed by atoms with Gasteiger partial charge in [0, 0.05) is 26.2 Å². The highest BCUT2D eigenvalue weighted by molar-refractivity contribution is 5.94. The number of para-hydroxylation sites is 3. The van der Waals surface area contributed by atoms with Crippen molar-refractivity contribution < 1.29 is 18.3 Å². The number of piperazine rings is 1. The lowest BCUT2D eigenvalue weighted by Gasteiger charge is -2.39. The minimum absolute atomic E-state index is 0.399. The fraction of sp³-hybridized carbons (Fsp3) is 0.381. The normalized spacial score (nSPS) is 15.9. The zero-order valence-corrected chi connectivity index (χ0v) is 16.1. The van der Waals surface area contributed by atoms with Gasteiger partial charge < -0.3 is 15.0 Å². The maximum absolute atomic E-state index is 13.8. The lowest BCUT2D eigenvalue weighted by molar-refractivity contribution is -0.120. The highest BCUT2D eigenvalue weighted by Gasteiger charge is 2.27. The predicted octanol–water partition coefficient (Wildman–Crippen LogP) is 3.51. The molecular weight excluding hydrogens is 364 g/mol. The van der Waals surface area contributed by atoms with Gasteiger partial charge in [0.2, 0.25) is 5.91 Å². The van der Waals surface area contributed by atoms with E-state index in [9.17, 15) is 13.6 Å². The third kappa shape index (κ3) is 4.42. The number of anilines is 2. The van der Waals surface area contributed by atoms with Crippen molar-refractivity contribution in [3.8, 4) is 5.75 Å². The van der Waals surface area contributed by atoms with Crippen molar-refractivity contribution in [2.75, 3.05) is 43.0 Å². The van der Waals surface area contributed by atoms with Gasteiger partial charge in [-0.3, -0.25) is 9.69 Å². The fourth-order valence-corrected chi connectivity index (χ4v) is 3.36. The molecule has 0 spiro atoms. The predicted molar refractivity (Wildman–Crippen MR) is 106 cm³/mol. The molecule has 1 atom stereocenters.